The Bertz CT molecular complexity index is 1710. The summed E-state index contributed by atoms with van der Waals surface area (Å²) < 4.78 is 6.08. The molecule has 0 aromatic heterocycles. The Morgan fingerprint density at radius 3 is 1.91 bits per heavy atom. The number of aryl methyl sites for hydroxylation is 4. The molecular formula is C37H38N2O5. The monoisotopic (exact) mass is 590 g/mol. The molecule has 0 heterocycles. The molecule has 4 unspecified atom stereocenters. The van der Waals surface area contributed by atoms with Crippen molar-refractivity contribution >= 4 is 29.0 Å². The van der Waals surface area contributed by atoms with Crippen LogP contribution < -0.4 is 15.4 Å². The number of hydrogen-bond acceptors (Lipinski definition) is 5. The molecule has 0 saturated heterocycles. The van der Waals surface area contributed by atoms with Gasteiger partial charge in [0.15, 0.2) is 0 Å². The third-order valence-electron chi connectivity index (χ3n) is 8.33. The molecule has 4 aromatic rings. The van der Waals surface area contributed by atoms with Gasteiger partial charge in [0.1, 0.15) is 23.2 Å². The summed E-state index contributed by atoms with van der Waals surface area (Å²) in [6.07, 6.45) is -0.348. The van der Waals surface area contributed by atoms with Gasteiger partial charge in [-0.15, -0.1) is 0 Å². The molecule has 3 N–H and O–H groups in total. The summed E-state index contributed by atoms with van der Waals surface area (Å²) in [4.78, 5) is 42.0. The molecule has 5 rings (SSSR count). The Labute approximate surface area is 258 Å². The van der Waals surface area contributed by atoms with E-state index >= 15 is 0 Å². The normalized spacial score (nSPS) is 21.4. The smallest absolute Gasteiger partial charge is 0.235 e. The van der Waals surface area contributed by atoms with Crippen molar-refractivity contribution in [2.45, 2.75) is 52.6 Å². The van der Waals surface area contributed by atoms with E-state index in [0.717, 1.165) is 22.3 Å². The third-order valence-corrected chi connectivity index (χ3v) is 8.33. The fraction of sp³-hybridized carbons (Fsp3) is 0.270. The quantitative estimate of drug-likeness (QED) is 0.201. The van der Waals surface area contributed by atoms with E-state index in [-0.39, 0.29) is 6.42 Å². The SMILES string of the molecule is Cc1ccc(NC(=O)C2C(=O)CC(C)(O)C(C(=O)Nc3ccc(C)cc3C)C2c2cccc(Oc3ccccc3)c2)c(C)c1. The van der Waals surface area contributed by atoms with Crippen LogP contribution in [0.25, 0.3) is 0 Å². The summed E-state index contributed by atoms with van der Waals surface area (Å²) in [5.41, 5.74) is 3.81. The molecule has 7 nitrogen and oxygen atoms in total. The van der Waals surface area contributed by atoms with Crippen molar-refractivity contribution in [3.05, 3.63) is 119 Å². The van der Waals surface area contributed by atoms with Crippen LogP contribution in [0.5, 0.6) is 11.5 Å². The second kappa shape index (κ2) is 12.5. The van der Waals surface area contributed by atoms with Gasteiger partial charge in [0, 0.05) is 23.7 Å². The van der Waals surface area contributed by atoms with E-state index in [1.54, 1.807) is 30.3 Å². The highest BCUT2D eigenvalue weighted by atomic mass is 16.5. The van der Waals surface area contributed by atoms with Crippen LogP contribution in [-0.2, 0) is 14.4 Å². The Hall–Kier alpha value is -4.75. The summed E-state index contributed by atoms with van der Waals surface area (Å²) in [6.45, 7) is 9.21. The van der Waals surface area contributed by atoms with Crippen molar-refractivity contribution in [3.63, 3.8) is 0 Å². The number of carbonyl (C=O) groups excluding carboxylic acids is 3. The number of aliphatic hydroxyl groups is 1. The van der Waals surface area contributed by atoms with Gasteiger partial charge in [-0.05, 0) is 87.7 Å². The second-order valence-electron chi connectivity index (χ2n) is 12.1. The first-order valence-electron chi connectivity index (χ1n) is 14.8. The first-order valence-corrected chi connectivity index (χ1v) is 14.8. The molecule has 0 spiro atoms. The Morgan fingerprint density at radius 2 is 1.32 bits per heavy atom. The van der Waals surface area contributed by atoms with Gasteiger partial charge >= 0.3 is 0 Å². The minimum atomic E-state index is -1.72. The van der Waals surface area contributed by atoms with Crippen molar-refractivity contribution in [2.75, 3.05) is 10.6 Å². The molecule has 226 valence electrons. The molecule has 1 aliphatic carbocycles. The predicted octanol–water partition coefficient (Wildman–Crippen LogP) is 7.03. The van der Waals surface area contributed by atoms with Gasteiger partial charge in [-0.2, -0.15) is 0 Å². The van der Waals surface area contributed by atoms with Gasteiger partial charge < -0.3 is 20.5 Å². The van der Waals surface area contributed by atoms with Crippen LogP contribution in [0.15, 0.2) is 91.0 Å². The number of carbonyl (C=O) groups is 3. The summed E-state index contributed by atoms with van der Waals surface area (Å²) in [5.74, 6) is -3.70. The number of ether oxygens (including phenoxy) is 1. The maximum absolute atomic E-state index is 14.2. The molecular weight excluding hydrogens is 552 g/mol. The van der Waals surface area contributed by atoms with E-state index in [4.69, 9.17) is 4.74 Å². The van der Waals surface area contributed by atoms with Crippen LogP contribution in [0.2, 0.25) is 0 Å². The standard InChI is InChI=1S/C37H38N2O5/c1-22-14-16-29(24(3)18-22)38-35(41)33-31(40)21-37(5,43)34(36(42)39-30-17-15-23(2)19-25(30)4)32(33)26-10-9-13-28(20-26)44-27-11-7-6-8-12-27/h6-20,32-34,43H,21H2,1-5H3,(H,38,41)(H,39,42). The molecule has 4 aromatic carbocycles. The molecule has 1 fully saturated rings. The van der Waals surface area contributed by atoms with Gasteiger partial charge in [-0.25, -0.2) is 0 Å². The molecule has 1 saturated carbocycles. The molecule has 0 radical (unpaired) electrons. The van der Waals surface area contributed by atoms with Crippen molar-refractivity contribution in [1.82, 2.24) is 0 Å². The van der Waals surface area contributed by atoms with Crippen molar-refractivity contribution < 1.29 is 24.2 Å². The van der Waals surface area contributed by atoms with Gasteiger partial charge in [-0.3, -0.25) is 14.4 Å². The largest absolute Gasteiger partial charge is 0.457 e. The van der Waals surface area contributed by atoms with Gasteiger partial charge in [0.2, 0.25) is 11.8 Å². The summed E-state index contributed by atoms with van der Waals surface area (Å²) in [5, 5.41) is 17.6. The lowest BCUT2D eigenvalue weighted by Gasteiger charge is -2.44. The van der Waals surface area contributed by atoms with Crippen molar-refractivity contribution in [2.24, 2.45) is 11.8 Å². The number of amides is 2. The van der Waals surface area contributed by atoms with Crippen molar-refractivity contribution in [3.8, 4) is 11.5 Å². The van der Waals surface area contributed by atoms with Crippen LogP contribution in [0, 0.1) is 39.5 Å². The maximum atomic E-state index is 14.2. The number of hydrogen-bond donors (Lipinski definition) is 3. The first kappa shape index (κ1) is 30.7. The average molecular weight is 591 g/mol. The molecule has 2 amide bonds. The Kier molecular flexibility index (Phi) is 8.70. The van der Waals surface area contributed by atoms with E-state index in [2.05, 4.69) is 10.6 Å². The number of Topliss-reactive ketones (excluding diaryl/α,β-unsaturated/α-hetero) is 1. The molecule has 1 aliphatic rings. The highest BCUT2D eigenvalue weighted by molar-refractivity contribution is 6.10. The van der Waals surface area contributed by atoms with E-state index in [9.17, 15) is 19.5 Å². The Balaban J connectivity index is 1.58. The van der Waals surface area contributed by atoms with Gasteiger partial charge in [0.05, 0.1) is 11.5 Å². The number of rotatable bonds is 7. The fourth-order valence-corrected chi connectivity index (χ4v) is 6.23. The highest BCUT2D eigenvalue weighted by Gasteiger charge is 2.56. The lowest BCUT2D eigenvalue weighted by molar-refractivity contribution is -0.150. The minimum Gasteiger partial charge on any atom is -0.457 e. The molecule has 0 aliphatic heterocycles. The molecule has 7 heteroatoms. The van der Waals surface area contributed by atoms with Crippen LogP contribution >= 0.6 is 0 Å². The second-order valence-corrected chi connectivity index (χ2v) is 12.1. The minimum absolute atomic E-state index is 0.348. The zero-order valence-corrected chi connectivity index (χ0v) is 25.7. The topological polar surface area (TPSA) is 105 Å². The van der Waals surface area contributed by atoms with Crippen LogP contribution in [0.4, 0.5) is 11.4 Å². The van der Waals surface area contributed by atoms with Crippen LogP contribution in [0.1, 0.15) is 47.1 Å². The van der Waals surface area contributed by atoms with Gasteiger partial charge in [-0.1, -0.05) is 65.7 Å². The van der Waals surface area contributed by atoms with Gasteiger partial charge in [0.25, 0.3) is 0 Å². The van der Waals surface area contributed by atoms with E-state index in [1.807, 2.05) is 88.4 Å². The summed E-state index contributed by atoms with van der Waals surface area (Å²) in [6, 6.07) is 27.6. The highest BCUT2D eigenvalue weighted by Crippen LogP contribution is 2.47. The number of anilines is 2. The molecule has 0 bridgehead atoms. The summed E-state index contributed by atoms with van der Waals surface area (Å²) >= 11 is 0. The lowest BCUT2D eigenvalue weighted by Crippen LogP contribution is -2.56. The van der Waals surface area contributed by atoms with E-state index in [0.29, 0.717) is 28.4 Å². The van der Waals surface area contributed by atoms with E-state index < -0.39 is 41.0 Å². The van der Waals surface area contributed by atoms with Crippen LogP contribution in [0.3, 0.4) is 0 Å². The van der Waals surface area contributed by atoms with Crippen LogP contribution in [-0.4, -0.2) is 28.3 Å². The van der Waals surface area contributed by atoms with Crippen molar-refractivity contribution in [1.29, 1.82) is 0 Å². The number of para-hydroxylation sites is 1. The first-order chi connectivity index (χ1) is 20.9. The number of nitrogens with one attached hydrogen (secondary N) is 2. The molecule has 4 atom stereocenters. The maximum Gasteiger partial charge on any atom is 0.235 e. The lowest BCUT2D eigenvalue weighted by atomic mass is 9.61. The fourth-order valence-electron chi connectivity index (χ4n) is 6.23. The van der Waals surface area contributed by atoms with E-state index in [1.165, 1.54) is 6.92 Å². The predicted molar refractivity (Wildman–Crippen MR) is 172 cm³/mol. The molecule has 44 heavy (non-hydrogen) atoms. The summed E-state index contributed by atoms with van der Waals surface area (Å²) in [7, 11) is 0. The zero-order valence-electron chi connectivity index (χ0n) is 25.7. The number of ketones is 1. The Morgan fingerprint density at radius 1 is 0.750 bits per heavy atom. The number of benzene rings is 4. The average Bonchev–Trinajstić information content (AvgIpc) is 2.95. The third kappa shape index (κ3) is 6.58. The zero-order chi connectivity index (χ0) is 31.6.